The highest BCUT2D eigenvalue weighted by Gasteiger charge is 2.40. The number of piperidine rings is 1. The smallest absolute Gasteiger partial charge is 0.248 e. The zero-order valence-electron chi connectivity index (χ0n) is 14.3. The topological polar surface area (TPSA) is 45.7 Å². The largest absolute Gasteiger partial charge is 0.368 e. The van der Waals surface area contributed by atoms with Gasteiger partial charge in [-0.3, -0.25) is 9.69 Å². The van der Waals surface area contributed by atoms with Gasteiger partial charge in [0.15, 0.2) is 0 Å². The van der Waals surface area contributed by atoms with E-state index in [9.17, 15) is 4.79 Å². The number of fused-ring (bicyclic) bond motifs is 2. The first-order valence-corrected chi connectivity index (χ1v) is 9.36. The van der Waals surface area contributed by atoms with Crippen molar-refractivity contribution < 1.29 is 9.53 Å². The van der Waals surface area contributed by atoms with E-state index in [-0.39, 0.29) is 18.6 Å². The fraction of sp³-hybridized carbons (Fsp3) is 0.765. The molecule has 0 aromatic carbocycles. The molecule has 0 spiro atoms. The quantitative estimate of drug-likeness (QED) is 0.826. The molecule has 2 unspecified atom stereocenters. The van der Waals surface area contributed by atoms with Gasteiger partial charge in [0.2, 0.25) is 5.91 Å². The second-order valence-corrected chi connectivity index (χ2v) is 8.13. The molecule has 0 N–H and O–H groups in total. The van der Waals surface area contributed by atoms with Gasteiger partial charge in [0.1, 0.15) is 6.61 Å². The molecular formula is C17H27N3O2S. The molecule has 1 amide bonds. The number of aromatic nitrogens is 1. The molecule has 1 aromatic rings. The summed E-state index contributed by atoms with van der Waals surface area (Å²) < 4.78 is 6.04. The Bertz CT molecular complexity index is 532. The van der Waals surface area contributed by atoms with Crippen LogP contribution in [0.25, 0.3) is 0 Å². The van der Waals surface area contributed by atoms with Crippen molar-refractivity contribution in [2.75, 3.05) is 33.8 Å². The lowest BCUT2D eigenvalue weighted by molar-refractivity contribution is -0.144. The lowest BCUT2D eigenvalue weighted by Gasteiger charge is -2.46. The molecule has 1 saturated heterocycles. The monoisotopic (exact) mass is 337 g/mol. The molecule has 1 aliphatic carbocycles. The minimum atomic E-state index is 0.0588. The summed E-state index contributed by atoms with van der Waals surface area (Å²) in [4.78, 5) is 20.5. The Morgan fingerprint density at radius 2 is 2.09 bits per heavy atom. The molecule has 2 atom stereocenters. The van der Waals surface area contributed by atoms with E-state index in [1.54, 1.807) is 30.3 Å². The van der Waals surface area contributed by atoms with E-state index < -0.39 is 0 Å². The van der Waals surface area contributed by atoms with E-state index in [4.69, 9.17) is 4.74 Å². The van der Waals surface area contributed by atoms with E-state index in [0.29, 0.717) is 11.8 Å². The number of aryl methyl sites for hydroxylation is 1. The highest BCUT2D eigenvalue weighted by atomic mass is 32.1. The molecule has 1 saturated carbocycles. The first-order chi connectivity index (χ1) is 11.0. The summed E-state index contributed by atoms with van der Waals surface area (Å²) in [6, 6.07) is 0. The van der Waals surface area contributed by atoms with Crippen molar-refractivity contribution in [2.24, 2.45) is 11.8 Å². The van der Waals surface area contributed by atoms with E-state index >= 15 is 0 Å². The lowest BCUT2D eigenvalue weighted by Crippen LogP contribution is -2.52. The SMILES string of the molecule is Cc1nc(CN2CC3CCCC(C2)C3OCC(=O)N(C)C)cs1. The van der Waals surface area contributed by atoms with Crippen molar-refractivity contribution in [3.63, 3.8) is 0 Å². The van der Waals surface area contributed by atoms with Crippen LogP contribution in [0.3, 0.4) is 0 Å². The van der Waals surface area contributed by atoms with Crippen LogP contribution < -0.4 is 0 Å². The van der Waals surface area contributed by atoms with Crippen molar-refractivity contribution in [1.82, 2.24) is 14.8 Å². The van der Waals surface area contributed by atoms with Crippen molar-refractivity contribution >= 4 is 17.2 Å². The number of hydrogen-bond donors (Lipinski definition) is 0. The standard InChI is InChI=1S/C17H27N3O2S/c1-12-18-15(11-23-12)9-20-7-13-5-4-6-14(8-20)17(13)22-10-16(21)19(2)3/h11,13-14,17H,4-10H2,1-3H3. The molecule has 1 aliphatic heterocycles. The van der Waals surface area contributed by atoms with Crippen LogP contribution in [-0.4, -0.2) is 60.6 Å². The van der Waals surface area contributed by atoms with Gasteiger partial charge < -0.3 is 9.64 Å². The molecule has 5 nitrogen and oxygen atoms in total. The third-order valence-electron chi connectivity index (χ3n) is 5.01. The lowest BCUT2D eigenvalue weighted by atomic mass is 9.75. The van der Waals surface area contributed by atoms with Crippen LogP contribution in [0, 0.1) is 18.8 Å². The van der Waals surface area contributed by atoms with Gasteiger partial charge >= 0.3 is 0 Å². The minimum Gasteiger partial charge on any atom is -0.368 e. The summed E-state index contributed by atoms with van der Waals surface area (Å²) in [5.74, 6) is 1.16. The summed E-state index contributed by atoms with van der Waals surface area (Å²) in [5, 5.41) is 3.31. The van der Waals surface area contributed by atoms with Gasteiger partial charge in [-0.1, -0.05) is 6.42 Å². The predicted molar refractivity (Wildman–Crippen MR) is 91.4 cm³/mol. The molecule has 0 radical (unpaired) electrons. The minimum absolute atomic E-state index is 0.0588. The molecule has 2 fully saturated rings. The van der Waals surface area contributed by atoms with Crippen molar-refractivity contribution in [2.45, 2.75) is 38.8 Å². The number of likely N-dealkylation sites (N-methyl/N-ethyl adjacent to an activating group) is 1. The van der Waals surface area contributed by atoms with Gasteiger partial charge in [-0.15, -0.1) is 11.3 Å². The number of nitrogens with zero attached hydrogens (tertiary/aromatic N) is 3. The van der Waals surface area contributed by atoms with E-state index in [2.05, 4.69) is 22.2 Å². The van der Waals surface area contributed by atoms with E-state index in [0.717, 1.165) is 24.6 Å². The Labute approximate surface area is 142 Å². The summed E-state index contributed by atoms with van der Waals surface area (Å²) in [7, 11) is 3.57. The molecule has 6 heteroatoms. The van der Waals surface area contributed by atoms with E-state index in [1.165, 1.54) is 25.0 Å². The van der Waals surface area contributed by atoms with Gasteiger partial charge in [0.05, 0.1) is 16.8 Å². The molecule has 2 heterocycles. The molecular weight excluding hydrogens is 310 g/mol. The summed E-state index contributed by atoms with van der Waals surface area (Å²) in [6.45, 7) is 5.35. The van der Waals surface area contributed by atoms with Crippen LogP contribution in [0.2, 0.25) is 0 Å². The Balaban J connectivity index is 1.58. The Kier molecular flexibility index (Phi) is 5.34. The number of hydrogen-bond acceptors (Lipinski definition) is 5. The van der Waals surface area contributed by atoms with Crippen LogP contribution in [0.4, 0.5) is 0 Å². The Morgan fingerprint density at radius 1 is 1.39 bits per heavy atom. The zero-order chi connectivity index (χ0) is 16.4. The maximum absolute atomic E-state index is 11.8. The van der Waals surface area contributed by atoms with E-state index in [1.807, 2.05) is 0 Å². The van der Waals surface area contributed by atoms with Crippen molar-refractivity contribution in [3.05, 3.63) is 16.1 Å². The van der Waals surface area contributed by atoms with Gasteiger partial charge in [-0.2, -0.15) is 0 Å². The number of carbonyl (C=O) groups is 1. The number of likely N-dealkylation sites (tertiary alicyclic amines) is 1. The maximum atomic E-state index is 11.8. The Hall–Kier alpha value is -0.980. The second kappa shape index (κ2) is 7.28. The number of carbonyl (C=O) groups excluding carboxylic acids is 1. The fourth-order valence-electron chi connectivity index (χ4n) is 3.89. The fourth-order valence-corrected chi connectivity index (χ4v) is 4.50. The average molecular weight is 337 g/mol. The van der Waals surface area contributed by atoms with Crippen LogP contribution in [0.15, 0.2) is 5.38 Å². The second-order valence-electron chi connectivity index (χ2n) is 7.07. The molecule has 128 valence electrons. The van der Waals surface area contributed by atoms with Crippen LogP contribution in [0.1, 0.15) is 30.0 Å². The molecule has 23 heavy (non-hydrogen) atoms. The van der Waals surface area contributed by atoms with Gasteiger partial charge in [0, 0.05) is 39.1 Å². The van der Waals surface area contributed by atoms with Crippen molar-refractivity contribution in [3.8, 4) is 0 Å². The highest BCUT2D eigenvalue weighted by Crippen LogP contribution is 2.37. The number of rotatable bonds is 5. The molecule has 1 aromatic heterocycles. The summed E-state index contributed by atoms with van der Waals surface area (Å²) in [6.07, 6.45) is 3.97. The van der Waals surface area contributed by atoms with Crippen LogP contribution >= 0.6 is 11.3 Å². The molecule has 2 bridgehead atoms. The third-order valence-corrected chi connectivity index (χ3v) is 5.84. The van der Waals surface area contributed by atoms with Crippen LogP contribution in [0.5, 0.6) is 0 Å². The number of amides is 1. The molecule has 2 aliphatic rings. The van der Waals surface area contributed by atoms with Gasteiger partial charge in [-0.25, -0.2) is 4.98 Å². The summed E-state index contributed by atoms with van der Waals surface area (Å²) in [5.41, 5.74) is 1.19. The van der Waals surface area contributed by atoms with Crippen LogP contribution in [-0.2, 0) is 16.1 Å². The van der Waals surface area contributed by atoms with Gasteiger partial charge in [0.25, 0.3) is 0 Å². The number of thiazole rings is 1. The summed E-state index contributed by atoms with van der Waals surface area (Å²) >= 11 is 1.72. The van der Waals surface area contributed by atoms with Crippen molar-refractivity contribution in [1.29, 1.82) is 0 Å². The maximum Gasteiger partial charge on any atom is 0.248 e. The Morgan fingerprint density at radius 3 is 2.65 bits per heavy atom. The average Bonchev–Trinajstić information content (AvgIpc) is 2.89. The highest BCUT2D eigenvalue weighted by molar-refractivity contribution is 7.09. The normalized spacial score (nSPS) is 27.9. The third kappa shape index (κ3) is 4.11. The number of ether oxygens (including phenoxy) is 1. The zero-order valence-corrected chi connectivity index (χ0v) is 15.1. The predicted octanol–water partition coefficient (Wildman–Crippen LogP) is 2.16. The molecule has 3 rings (SSSR count). The first kappa shape index (κ1) is 16.9. The first-order valence-electron chi connectivity index (χ1n) is 8.48. The van der Waals surface area contributed by atoms with Gasteiger partial charge in [-0.05, 0) is 31.6 Å².